The van der Waals surface area contributed by atoms with E-state index in [9.17, 15) is 13.2 Å². The van der Waals surface area contributed by atoms with Gasteiger partial charge in [0.1, 0.15) is 6.54 Å². The summed E-state index contributed by atoms with van der Waals surface area (Å²) in [5.41, 5.74) is 4.93. The Balaban J connectivity index is 1.59. The van der Waals surface area contributed by atoms with E-state index >= 15 is 0 Å². The minimum Gasteiger partial charge on any atom is -0.493 e. The molecule has 0 atom stereocenters. The number of hydrogen-bond acceptors (Lipinski definition) is 6. The maximum absolute atomic E-state index is 13.9. The Labute approximate surface area is 229 Å². The van der Waals surface area contributed by atoms with E-state index in [-0.39, 0.29) is 10.6 Å². The second kappa shape index (κ2) is 12.0. The number of amides is 1. The summed E-state index contributed by atoms with van der Waals surface area (Å²) < 4.78 is 39.4. The average molecular weight is 546 g/mol. The van der Waals surface area contributed by atoms with E-state index in [0.717, 1.165) is 33.0 Å². The predicted molar refractivity (Wildman–Crippen MR) is 152 cm³/mol. The monoisotopic (exact) mass is 545 g/mol. The van der Waals surface area contributed by atoms with Crippen LogP contribution in [0.4, 0.5) is 11.4 Å². The molecule has 0 saturated heterocycles. The van der Waals surface area contributed by atoms with Crippen LogP contribution in [0.5, 0.6) is 11.5 Å². The second-order valence-corrected chi connectivity index (χ2v) is 11.0. The first kappa shape index (κ1) is 27.7. The van der Waals surface area contributed by atoms with Gasteiger partial charge in [0.2, 0.25) is 5.91 Å². The smallest absolute Gasteiger partial charge is 0.264 e. The van der Waals surface area contributed by atoms with Gasteiger partial charge in [-0.25, -0.2) is 8.42 Å². The van der Waals surface area contributed by atoms with Crippen LogP contribution in [0.2, 0.25) is 0 Å². The molecule has 1 aromatic heterocycles. The summed E-state index contributed by atoms with van der Waals surface area (Å²) in [5, 5.41) is 2.83. The number of sulfonamides is 1. The van der Waals surface area contributed by atoms with Crippen molar-refractivity contribution in [3.05, 3.63) is 107 Å². The fraction of sp³-hybridized carbons (Fsp3) is 0.200. The summed E-state index contributed by atoms with van der Waals surface area (Å²) in [6.07, 6.45) is 4.24. The molecule has 0 saturated carbocycles. The quantitative estimate of drug-likeness (QED) is 0.296. The molecule has 0 radical (unpaired) electrons. The number of carbonyl (C=O) groups is 1. The number of hydrogen-bond donors (Lipinski definition) is 1. The molecular formula is C30H31N3O5S. The molecule has 3 aromatic carbocycles. The number of benzene rings is 3. The third-order valence-corrected chi connectivity index (χ3v) is 7.89. The van der Waals surface area contributed by atoms with E-state index in [1.54, 1.807) is 36.7 Å². The third kappa shape index (κ3) is 6.74. The summed E-state index contributed by atoms with van der Waals surface area (Å²) in [5.74, 6) is 0.204. The third-order valence-electron chi connectivity index (χ3n) is 6.12. The molecule has 0 fully saturated rings. The molecule has 0 aliphatic heterocycles. The van der Waals surface area contributed by atoms with Crippen molar-refractivity contribution < 1.29 is 22.7 Å². The van der Waals surface area contributed by atoms with Crippen LogP contribution in [0.3, 0.4) is 0 Å². The van der Waals surface area contributed by atoms with Crippen LogP contribution in [0.1, 0.15) is 22.3 Å². The molecule has 0 bridgehead atoms. The van der Waals surface area contributed by atoms with Gasteiger partial charge < -0.3 is 14.8 Å². The fourth-order valence-corrected chi connectivity index (χ4v) is 5.71. The van der Waals surface area contributed by atoms with Crippen LogP contribution in [-0.2, 0) is 21.2 Å². The van der Waals surface area contributed by atoms with Crippen LogP contribution in [-0.4, -0.2) is 40.1 Å². The first-order valence-electron chi connectivity index (χ1n) is 12.3. The molecule has 4 rings (SSSR count). The van der Waals surface area contributed by atoms with Crippen LogP contribution >= 0.6 is 0 Å². The van der Waals surface area contributed by atoms with Gasteiger partial charge in [0.15, 0.2) is 11.5 Å². The number of anilines is 2. The van der Waals surface area contributed by atoms with Gasteiger partial charge in [-0.3, -0.25) is 14.1 Å². The van der Waals surface area contributed by atoms with Gasteiger partial charge in [-0.05, 0) is 91.1 Å². The molecule has 1 amide bonds. The van der Waals surface area contributed by atoms with Gasteiger partial charge in [-0.1, -0.05) is 18.2 Å². The predicted octanol–water partition coefficient (Wildman–Crippen LogP) is 5.14. The van der Waals surface area contributed by atoms with E-state index in [1.165, 1.54) is 32.4 Å². The number of aromatic nitrogens is 1. The number of nitrogens with one attached hydrogen (secondary N) is 1. The standard InChI is InChI=1S/C30H31N3O5S/c1-21-15-22(2)17-26(16-21)33(39(35,36)27-9-10-28(37-3)29(19-27)38-4)20-30(34)32-25-7-5-23(6-8-25)18-24-11-13-31-14-12-24/h5-17,19H,18,20H2,1-4H3,(H,32,34). The van der Waals surface area contributed by atoms with E-state index in [4.69, 9.17) is 9.47 Å². The largest absolute Gasteiger partial charge is 0.493 e. The summed E-state index contributed by atoms with van der Waals surface area (Å²) in [7, 11) is -1.23. The molecule has 9 heteroatoms. The molecule has 1 heterocycles. The van der Waals surface area contributed by atoms with Gasteiger partial charge in [0, 0.05) is 24.1 Å². The van der Waals surface area contributed by atoms with Gasteiger partial charge in [0.25, 0.3) is 10.0 Å². The SMILES string of the molecule is COc1ccc(S(=O)(=O)N(CC(=O)Nc2ccc(Cc3ccncc3)cc2)c2cc(C)cc(C)c2)cc1OC. The molecule has 8 nitrogen and oxygen atoms in total. The van der Waals surface area contributed by atoms with E-state index in [0.29, 0.717) is 17.1 Å². The first-order valence-corrected chi connectivity index (χ1v) is 13.7. The number of carbonyl (C=O) groups excluding carboxylic acids is 1. The highest BCUT2D eigenvalue weighted by atomic mass is 32.2. The van der Waals surface area contributed by atoms with Crippen molar-refractivity contribution in [3.8, 4) is 11.5 Å². The average Bonchev–Trinajstić information content (AvgIpc) is 2.92. The summed E-state index contributed by atoms with van der Waals surface area (Å²) in [6, 6.07) is 21.2. The van der Waals surface area contributed by atoms with Crippen molar-refractivity contribution in [3.63, 3.8) is 0 Å². The Morgan fingerprint density at radius 2 is 1.44 bits per heavy atom. The van der Waals surface area contributed by atoms with Gasteiger partial charge >= 0.3 is 0 Å². The van der Waals surface area contributed by atoms with Gasteiger partial charge in [-0.2, -0.15) is 0 Å². The van der Waals surface area contributed by atoms with Crippen molar-refractivity contribution in [2.24, 2.45) is 0 Å². The fourth-order valence-electron chi connectivity index (χ4n) is 4.29. The highest BCUT2D eigenvalue weighted by molar-refractivity contribution is 7.92. The number of pyridine rings is 1. The molecular weight excluding hydrogens is 514 g/mol. The van der Waals surface area contributed by atoms with Crippen LogP contribution in [0, 0.1) is 13.8 Å². The minimum absolute atomic E-state index is 0.0208. The van der Waals surface area contributed by atoms with E-state index in [2.05, 4.69) is 10.3 Å². The van der Waals surface area contributed by atoms with Crippen LogP contribution in [0.25, 0.3) is 0 Å². The number of ether oxygens (including phenoxy) is 2. The Morgan fingerprint density at radius 3 is 2.05 bits per heavy atom. The number of methoxy groups -OCH3 is 2. The summed E-state index contributed by atoms with van der Waals surface area (Å²) in [4.78, 5) is 17.2. The molecule has 4 aromatic rings. The maximum Gasteiger partial charge on any atom is 0.264 e. The molecule has 202 valence electrons. The van der Waals surface area contributed by atoms with Gasteiger partial charge in [-0.15, -0.1) is 0 Å². The molecule has 0 aliphatic rings. The summed E-state index contributed by atoms with van der Waals surface area (Å²) in [6.45, 7) is 3.34. The molecule has 0 unspecified atom stereocenters. The normalized spacial score (nSPS) is 11.1. The Kier molecular flexibility index (Phi) is 8.51. The van der Waals surface area contributed by atoms with Crippen molar-refractivity contribution in [1.29, 1.82) is 0 Å². The first-order chi connectivity index (χ1) is 18.7. The zero-order chi connectivity index (χ0) is 28.0. The second-order valence-electron chi connectivity index (χ2n) is 9.15. The van der Waals surface area contributed by atoms with Crippen molar-refractivity contribution >= 4 is 27.3 Å². The van der Waals surface area contributed by atoms with E-state index < -0.39 is 22.5 Å². The van der Waals surface area contributed by atoms with Crippen molar-refractivity contribution in [2.45, 2.75) is 25.2 Å². The minimum atomic E-state index is -4.14. The highest BCUT2D eigenvalue weighted by Gasteiger charge is 2.29. The van der Waals surface area contributed by atoms with Crippen molar-refractivity contribution in [1.82, 2.24) is 4.98 Å². The lowest BCUT2D eigenvalue weighted by Gasteiger charge is -2.25. The van der Waals surface area contributed by atoms with Crippen LogP contribution < -0.4 is 19.1 Å². The number of aryl methyl sites for hydroxylation is 2. The molecule has 0 spiro atoms. The maximum atomic E-state index is 13.9. The topological polar surface area (TPSA) is 97.8 Å². The van der Waals surface area contributed by atoms with Crippen molar-refractivity contribution in [2.75, 3.05) is 30.4 Å². The molecule has 0 aliphatic carbocycles. The summed E-state index contributed by atoms with van der Waals surface area (Å²) >= 11 is 0. The lowest BCUT2D eigenvalue weighted by atomic mass is 10.1. The lowest BCUT2D eigenvalue weighted by Crippen LogP contribution is -2.38. The Hall–Kier alpha value is -4.37. The van der Waals surface area contributed by atoms with E-state index in [1.807, 2.05) is 44.2 Å². The number of rotatable bonds is 10. The Morgan fingerprint density at radius 1 is 0.821 bits per heavy atom. The molecule has 39 heavy (non-hydrogen) atoms. The molecule has 1 N–H and O–H groups in total. The lowest BCUT2D eigenvalue weighted by molar-refractivity contribution is -0.114. The van der Waals surface area contributed by atoms with Crippen LogP contribution in [0.15, 0.2) is 90.1 Å². The highest BCUT2D eigenvalue weighted by Crippen LogP contribution is 2.32. The zero-order valence-electron chi connectivity index (χ0n) is 22.3. The zero-order valence-corrected chi connectivity index (χ0v) is 23.2. The Bertz CT molecular complexity index is 1540. The van der Waals surface area contributed by atoms with Gasteiger partial charge in [0.05, 0.1) is 24.8 Å². The number of nitrogens with zero attached hydrogens (tertiary/aromatic N) is 2.